The summed E-state index contributed by atoms with van der Waals surface area (Å²) in [4.78, 5) is 36.6. The number of methoxy groups -OCH3 is 1. The molecule has 0 saturated carbocycles. The number of amides is 1. The minimum Gasteiger partial charge on any atom is -0.497 e. The van der Waals surface area contributed by atoms with Crippen molar-refractivity contribution in [2.75, 3.05) is 12.4 Å². The van der Waals surface area contributed by atoms with E-state index in [0.29, 0.717) is 22.5 Å². The lowest BCUT2D eigenvalue weighted by Gasteiger charge is -2.11. The molecule has 3 rings (SSSR count). The van der Waals surface area contributed by atoms with Gasteiger partial charge in [-0.3, -0.25) is 18.7 Å². The Kier molecular flexibility index (Phi) is 4.18. The molecule has 2 heterocycles. The Morgan fingerprint density at radius 2 is 1.92 bits per heavy atom. The van der Waals surface area contributed by atoms with Crippen LogP contribution in [0.15, 0.2) is 46.1 Å². The molecule has 0 atom stereocenters. The predicted molar refractivity (Wildman–Crippen MR) is 94.0 cm³/mol. The number of nitrogens with one attached hydrogen (secondary N) is 1. The summed E-state index contributed by atoms with van der Waals surface area (Å²) in [5.41, 5.74) is 0.190. The van der Waals surface area contributed by atoms with Crippen molar-refractivity contribution in [2.45, 2.75) is 6.54 Å². The highest BCUT2D eigenvalue weighted by Crippen LogP contribution is 2.17. The maximum absolute atomic E-state index is 12.3. The lowest BCUT2D eigenvalue weighted by atomic mass is 10.3. The number of benzene rings is 1. The van der Waals surface area contributed by atoms with Gasteiger partial charge in [0.05, 0.1) is 12.5 Å². The van der Waals surface area contributed by atoms with Crippen molar-refractivity contribution in [3.05, 3.63) is 57.4 Å². The quantitative estimate of drug-likeness (QED) is 0.755. The van der Waals surface area contributed by atoms with E-state index in [4.69, 9.17) is 4.74 Å². The maximum Gasteiger partial charge on any atom is 0.332 e. The normalized spacial score (nSPS) is 10.8. The molecule has 2 aromatic heterocycles. The molecule has 0 saturated heterocycles. The summed E-state index contributed by atoms with van der Waals surface area (Å²) in [7, 11) is 4.55. The number of nitrogens with zero attached hydrogens (tertiary/aromatic N) is 3. The van der Waals surface area contributed by atoms with Crippen molar-refractivity contribution >= 4 is 22.6 Å². The number of anilines is 1. The van der Waals surface area contributed by atoms with E-state index in [1.54, 1.807) is 55.3 Å². The van der Waals surface area contributed by atoms with E-state index in [0.717, 1.165) is 4.57 Å². The van der Waals surface area contributed by atoms with Crippen LogP contribution in [0.3, 0.4) is 0 Å². The van der Waals surface area contributed by atoms with Crippen molar-refractivity contribution in [3.8, 4) is 5.75 Å². The van der Waals surface area contributed by atoms with Crippen molar-refractivity contribution < 1.29 is 9.53 Å². The Labute approximate surface area is 142 Å². The molecule has 0 spiro atoms. The van der Waals surface area contributed by atoms with E-state index in [1.165, 1.54) is 11.6 Å². The molecule has 1 amide bonds. The van der Waals surface area contributed by atoms with Crippen molar-refractivity contribution in [1.82, 2.24) is 13.7 Å². The molecule has 1 aromatic carbocycles. The molecule has 0 aliphatic heterocycles. The van der Waals surface area contributed by atoms with Crippen LogP contribution in [0, 0.1) is 0 Å². The fourth-order valence-corrected chi connectivity index (χ4v) is 2.77. The van der Waals surface area contributed by atoms with Gasteiger partial charge in [0.25, 0.3) is 5.56 Å². The molecule has 0 bridgehead atoms. The molecule has 3 aromatic rings. The zero-order chi connectivity index (χ0) is 18.1. The van der Waals surface area contributed by atoms with Gasteiger partial charge in [-0.05, 0) is 18.2 Å². The number of carbonyl (C=O) groups excluding carboxylic acids is 1. The monoisotopic (exact) mass is 342 g/mol. The van der Waals surface area contributed by atoms with E-state index < -0.39 is 5.69 Å². The highest BCUT2D eigenvalue weighted by molar-refractivity contribution is 5.91. The third-order valence-corrected chi connectivity index (χ3v) is 4.03. The van der Waals surface area contributed by atoms with E-state index in [1.807, 2.05) is 0 Å². The number of ether oxygens (including phenoxy) is 1. The van der Waals surface area contributed by atoms with Gasteiger partial charge in [0, 0.05) is 32.0 Å². The van der Waals surface area contributed by atoms with Crippen LogP contribution in [0.4, 0.5) is 5.69 Å². The van der Waals surface area contributed by atoms with Gasteiger partial charge < -0.3 is 14.6 Å². The fraction of sp³-hybridized carbons (Fsp3) is 0.235. The Bertz CT molecular complexity index is 1070. The van der Waals surface area contributed by atoms with Gasteiger partial charge >= 0.3 is 5.69 Å². The minimum atomic E-state index is -0.439. The van der Waals surface area contributed by atoms with Crippen LogP contribution in [-0.4, -0.2) is 26.7 Å². The van der Waals surface area contributed by atoms with Crippen LogP contribution in [0.5, 0.6) is 5.75 Å². The molecule has 0 fully saturated rings. The minimum absolute atomic E-state index is 0.0266. The van der Waals surface area contributed by atoms with Crippen LogP contribution >= 0.6 is 0 Å². The molecule has 0 aliphatic rings. The topological polar surface area (TPSA) is 87.3 Å². The summed E-state index contributed by atoms with van der Waals surface area (Å²) < 4.78 is 9.10. The summed E-state index contributed by atoms with van der Waals surface area (Å²) in [6, 6.07) is 8.61. The second-order valence-corrected chi connectivity index (χ2v) is 5.67. The molecule has 25 heavy (non-hydrogen) atoms. The van der Waals surface area contributed by atoms with Crippen LogP contribution in [0.25, 0.3) is 11.0 Å². The predicted octanol–water partition coefficient (Wildman–Crippen LogP) is 0.686. The van der Waals surface area contributed by atoms with E-state index in [2.05, 4.69) is 5.32 Å². The molecule has 130 valence electrons. The summed E-state index contributed by atoms with van der Waals surface area (Å²) in [6.45, 7) is -0.0266. The number of hydrogen-bond acceptors (Lipinski definition) is 4. The number of aromatic nitrogens is 3. The van der Waals surface area contributed by atoms with Gasteiger partial charge in [0.1, 0.15) is 17.9 Å². The Morgan fingerprint density at radius 3 is 2.64 bits per heavy atom. The number of rotatable bonds is 4. The third kappa shape index (κ3) is 2.93. The summed E-state index contributed by atoms with van der Waals surface area (Å²) in [5.74, 6) is 0.356. The van der Waals surface area contributed by atoms with E-state index in [9.17, 15) is 14.4 Å². The van der Waals surface area contributed by atoms with Crippen molar-refractivity contribution in [3.63, 3.8) is 0 Å². The number of aryl methyl sites for hydroxylation is 1. The first-order chi connectivity index (χ1) is 11.9. The molecule has 0 aliphatic carbocycles. The molecular formula is C17H18N4O4. The Hall–Kier alpha value is -3.29. The maximum atomic E-state index is 12.3. The smallest absolute Gasteiger partial charge is 0.332 e. The van der Waals surface area contributed by atoms with Gasteiger partial charge in [-0.25, -0.2) is 4.79 Å². The first-order valence-electron chi connectivity index (χ1n) is 7.61. The molecular weight excluding hydrogens is 324 g/mol. The summed E-state index contributed by atoms with van der Waals surface area (Å²) in [6.07, 6.45) is 1.62. The second-order valence-electron chi connectivity index (χ2n) is 5.67. The van der Waals surface area contributed by atoms with Gasteiger partial charge in [0.2, 0.25) is 5.91 Å². The van der Waals surface area contributed by atoms with Crippen molar-refractivity contribution in [1.29, 1.82) is 0 Å². The van der Waals surface area contributed by atoms with E-state index >= 15 is 0 Å². The van der Waals surface area contributed by atoms with Gasteiger partial charge in [-0.1, -0.05) is 6.07 Å². The lowest BCUT2D eigenvalue weighted by Crippen LogP contribution is -2.37. The van der Waals surface area contributed by atoms with Gasteiger partial charge in [-0.15, -0.1) is 0 Å². The standard InChI is InChI=1S/C17H18N4O4/c1-19-15-13(16(23)20(2)17(19)24)7-8-21(15)10-14(22)18-11-5-4-6-12(9-11)25-3/h4-9H,10H2,1-3H3,(H,18,22). The molecule has 8 nitrogen and oxygen atoms in total. The number of fused-ring (bicyclic) bond motifs is 1. The van der Waals surface area contributed by atoms with Crippen LogP contribution in [0.2, 0.25) is 0 Å². The highest BCUT2D eigenvalue weighted by atomic mass is 16.5. The molecule has 8 heteroatoms. The summed E-state index contributed by atoms with van der Waals surface area (Å²) in [5, 5.41) is 3.16. The van der Waals surface area contributed by atoms with E-state index in [-0.39, 0.29) is 18.0 Å². The fourth-order valence-electron chi connectivity index (χ4n) is 2.77. The molecule has 0 unspecified atom stereocenters. The number of hydrogen-bond donors (Lipinski definition) is 1. The van der Waals surface area contributed by atoms with Gasteiger partial charge in [-0.2, -0.15) is 0 Å². The lowest BCUT2D eigenvalue weighted by molar-refractivity contribution is -0.116. The van der Waals surface area contributed by atoms with Crippen LogP contribution < -0.4 is 21.3 Å². The Balaban J connectivity index is 1.92. The number of carbonyl (C=O) groups is 1. The molecule has 0 radical (unpaired) electrons. The first-order valence-corrected chi connectivity index (χ1v) is 7.61. The van der Waals surface area contributed by atoms with Crippen LogP contribution in [-0.2, 0) is 25.4 Å². The second kappa shape index (κ2) is 6.31. The SMILES string of the molecule is COc1cccc(NC(=O)Cn2ccc3c(=O)n(C)c(=O)n(C)c32)c1. The van der Waals surface area contributed by atoms with Crippen molar-refractivity contribution in [2.24, 2.45) is 14.1 Å². The average Bonchev–Trinajstić information content (AvgIpc) is 3.01. The largest absolute Gasteiger partial charge is 0.497 e. The Morgan fingerprint density at radius 1 is 1.16 bits per heavy atom. The highest BCUT2D eigenvalue weighted by Gasteiger charge is 2.14. The zero-order valence-electron chi connectivity index (χ0n) is 14.1. The van der Waals surface area contributed by atoms with Gasteiger partial charge in [0.15, 0.2) is 0 Å². The van der Waals surface area contributed by atoms with Crippen LogP contribution in [0.1, 0.15) is 0 Å². The zero-order valence-corrected chi connectivity index (χ0v) is 14.1. The average molecular weight is 342 g/mol. The molecule has 1 N–H and O–H groups in total. The summed E-state index contributed by atoms with van der Waals surface area (Å²) >= 11 is 0. The third-order valence-electron chi connectivity index (χ3n) is 4.03. The first kappa shape index (κ1) is 16.6.